The smallest absolute Gasteiger partial charge is 0.122 e. The van der Waals surface area contributed by atoms with Crippen molar-refractivity contribution in [2.24, 2.45) is 5.92 Å². The van der Waals surface area contributed by atoms with E-state index < -0.39 is 0 Å². The zero-order chi connectivity index (χ0) is 12.8. The number of hydrogen-bond acceptors (Lipinski definition) is 2. The van der Waals surface area contributed by atoms with E-state index in [9.17, 15) is 0 Å². The zero-order valence-corrected chi connectivity index (χ0v) is 11.7. The highest BCUT2D eigenvalue weighted by Gasteiger charge is 2.12. The third kappa shape index (κ3) is 4.39. The average Bonchev–Trinajstić information content (AvgIpc) is 2.29. The fourth-order valence-corrected chi connectivity index (χ4v) is 1.90. The van der Waals surface area contributed by atoms with Gasteiger partial charge in [0, 0.05) is 12.1 Å². The van der Waals surface area contributed by atoms with E-state index in [4.69, 9.17) is 4.74 Å². The highest BCUT2D eigenvalue weighted by Crippen LogP contribution is 2.19. The second-order valence-electron chi connectivity index (χ2n) is 5.12. The number of para-hydroxylation sites is 1. The molecular weight excluding hydrogens is 210 g/mol. The Morgan fingerprint density at radius 2 is 1.76 bits per heavy atom. The van der Waals surface area contributed by atoms with Gasteiger partial charge in [-0.15, -0.1) is 0 Å². The van der Waals surface area contributed by atoms with Crippen molar-refractivity contribution in [3.63, 3.8) is 0 Å². The predicted molar refractivity (Wildman–Crippen MR) is 73.6 cm³/mol. The molecule has 96 valence electrons. The Morgan fingerprint density at radius 3 is 2.35 bits per heavy atom. The molecule has 1 rings (SSSR count). The number of rotatable bonds is 6. The van der Waals surface area contributed by atoms with Crippen LogP contribution in [0.25, 0.3) is 0 Å². The molecule has 1 aromatic carbocycles. The second kappa shape index (κ2) is 6.65. The fraction of sp³-hybridized carbons (Fsp3) is 0.600. The molecule has 17 heavy (non-hydrogen) atoms. The molecule has 0 spiro atoms. The maximum absolute atomic E-state index is 5.37. The summed E-state index contributed by atoms with van der Waals surface area (Å²) in [6.07, 6.45) is 1.00. The van der Waals surface area contributed by atoms with Crippen molar-refractivity contribution in [1.29, 1.82) is 0 Å². The normalized spacial score (nSPS) is 14.7. The van der Waals surface area contributed by atoms with Crippen LogP contribution in [0.15, 0.2) is 24.3 Å². The van der Waals surface area contributed by atoms with E-state index in [2.05, 4.69) is 45.1 Å². The van der Waals surface area contributed by atoms with E-state index in [1.807, 2.05) is 12.1 Å². The molecule has 2 atom stereocenters. The van der Waals surface area contributed by atoms with Crippen LogP contribution in [-0.2, 0) is 6.42 Å². The summed E-state index contributed by atoms with van der Waals surface area (Å²) in [4.78, 5) is 0. The van der Waals surface area contributed by atoms with Crippen LogP contribution in [0.1, 0.15) is 33.3 Å². The molecule has 0 saturated heterocycles. The van der Waals surface area contributed by atoms with Crippen molar-refractivity contribution < 1.29 is 4.74 Å². The van der Waals surface area contributed by atoms with Gasteiger partial charge in [0.1, 0.15) is 5.75 Å². The third-order valence-corrected chi connectivity index (χ3v) is 3.27. The van der Waals surface area contributed by atoms with Gasteiger partial charge < -0.3 is 10.1 Å². The van der Waals surface area contributed by atoms with Gasteiger partial charge in [-0.3, -0.25) is 0 Å². The molecular formula is C15H25NO. The molecule has 1 N–H and O–H groups in total. The van der Waals surface area contributed by atoms with Crippen LogP contribution in [0.2, 0.25) is 0 Å². The van der Waals surface area contributed by atoms with Crippen LogP contribution in [-0.4, -0.2) is 19.2 Å². The minimum Gasteiger partial charge on any atom is -0.496 e. The minimum atomic E-state index is 0.462. The molecule has 0 aliphatic heterocycles. The summed E-state index contributed by atoms with van der Waals surface area (Å²) in [7, 11) is 1.73. The van der Waals surface area contributed by atoms with Gasteiger partial charge in [-0.05, 0) is 37.8 Å². The SMILES string of the molecule is COc1ccccc1CC(C)NC(C)C(C)C. The lowest BCUT2D eigenvalue weighted by Gasteiger charge is -2.23. The number of methoxy groups -OCH3 is 1. The molecule has 0 radical (unpaired) electrons. The van der Waals surface area contributed by atoms with Crippen LogP contribution in [0.4, 0.5) is 0 Å². The summed E-state index contributed by atoms with van der Waals surface area (Å²) < 4.78 is 5.37. The van der Waals surface area contributed by atoms with Gasteiger partial charge in [-0.25, -0.2) is 0 Å². The molecule has 2 nitrogen and oxygen atoms in total. The molecule has 0 amide bonds. The van der Waals surface area contributed by atoms with E-state index >= 15 is 0 Å². The van der Waals surface area contributed by atoms with Crippen molar-refractivity contribution in [3.8, 4) is 5.75 Å². The van der Waals surface area contributed by atoms with Gasteiger partial charge in [-0.2, -0.15) is 0 Å². The Labute approximate surface area is 105 Å². The monoisotopic (exact) mass is 235 g/mol. The Hall–Kier alpha value is -1.02. The Kier molecular flexibility index (Phi) is 5.49. The van der Waals surface area contributed by atoms with Gasteiger partial charge in [0.05, 0.1) is 7.11 Å². The first-order chi connectivity index (χ1) is 8.04. The first-order valence-corrected chi connectivity index (χ1v) is 6.42. The van der Waals surface area contributed by atoms with Crippen LogP contribution < -0.4 is 10.1 Å². The Balaban J connectivity index is 2.58. The fourth-order valence-electron chi connectivity index (χ4n) is 1.90. The largest absolute Gasteiger partial charge is 0.496 e. The first kappa shape index (κ1) is 14.0. The summed E-state index contributed by atoms with van der Waals surface area (Å²) in [5.41, 5.74) is 1.27. The number of ether oxygens (including phenoxy) is 1. The van der Waals surface area contributed by atoms with Gasteiger partial charge in [0.15, 0.2) is 0 Å². The first-order valence-electron chi connectivity index (χ1n) is 6.42. The number of nitrogens with one attached hydrogen (secondary N) is 1. The zero-order valence-electron chi connectivity index (χ0n) is 11.7. The van der Waals surface area contributed by atoms with Crippen molar-refractivity contribution in [1.82, 2.24) is 5.32 Å². The summed E-state index contributed by atoms with van der Waals surface area (Å²) in [6, 6.07) is 9.24. The van der Waals surface area contributed by atoms with Crippen molar-refractivity contribution in [2.75, 3.05) is 7.11 Å². The molecule has 0 heterocycles. The molecule has 2 heteroatoms. The molecule has 0 bridgehead atoms. The lowest BCUT2D eigenvalue weighted by molar-refractivity contribution is 0.374. The van der Waals surface area contributed by atoms with Crippen molar-refractivity contribution >= 4 is 0 Å². The molecule has 0 aliphatic carbocycles. The number of benzene rings is 1. The summed E-state index contributed by atoms with van der Waals surface area (Å²) in [5, 5.41) is 3.62. The maximum Gasteiger partial charge on any atom is 0.122 e. The van der Waals surface area contributed by atoms with Crippen LogP contribution in [0.5, 0.6) is 5.75 Å². The van der Waals surface area contributed by atoms with E-state index in [-0.39, 0.29) is 0 Å². The number of hydrogen-bond donors (Lipinski definition) is 1. The van der Waals surface area contributed by atoms with Crippen molar-refractivity contribution in [2.45, 2.75) is 46.2 Å². The molecule has 1 aromatic rings. The quantitative estimate of drug-likeness (QED) is 0.817. The van der Waals surface area contributed by atoms with Crippen LogP contribution >= 0.6 is 0 Å². The van der Waals surface area contributed by atoms with Crippen molar-refractivity contribution in [3.05, 3.63) is 29.8 Å². The van der Waals surface area contributed by atoms with E-state index in [1.165, 1.54) is 5.56 Å². The minimum absolute atomic E-state index is 0.462. The van der Waals surface area contributed by atoms with Crippen LogP contribution in [0, 0.1) is 5.92 Å². The second-order valence-corrected chi connectivity index (χ2v) is 5.12. The summed E-state index contributed by atoms with van der Waals surface area (Å²) in [6.45, 7) is 8.95. The average molecular weight is 235 g/mol. The molecule has 0 saturated carbocycles. The highest BCUT2D eigenvalue weighted by molar-refractivity contribution is 5.33. The highest BCUT2D eigenvalue weighted by atomic mass is 16.5. The summed E-state index contributed by atoms with van der Waals surface area (Å²) in [5.74, 6) is 1.65. The van der Waals surface area contributed by atoms with Gasteiger partial charge in [-0.1, -0.05) is 32.0 Å². The van der Waals surface area contributed by atoms with Gasteiger partial charge in [0.25, 0.3) is 0 Å². The third-order valence-electron chi connectivity index (χ3n) is 3.27. The van der Waals surface area contributed by atoms with Gasteiger partial charge >= 0.3 is 0 Å². The van der Waals surface area contributed by atoms with Crippen LogP contribution in [0.3, 0.4) is 0 Å². The molecule has 0 aliphatic rings. The molecule has 0 fully saturated rings. The Morgan fingerprint density at radius 1 is 1.12 bits per heavy atom. The van der Waals surface area contributed by atoms with E-state index in [0.29, 0.717) is 18.0 Å². The molecule has 2 unspecified atom stereocenters. The van der Waals surface area contributed by atoms with E-state index in [1.54, 1.807) is 7.11 Å². The lowest BCUT2D eigenvalue weighted by Crippen LogP contribution is -2.38. The molecule has 0 aromatic heterocycles. The van der Waals surface area contributed by atoms with Gasteiger partial charge in [0.2, 0.25) is 0 Å². The Bertz CT molecular complexity index is 335. The standard InChI is InChI=1S/C15H25NO/c1-11(2)13(4)16-12(3)10-14-8-6-7-9-15(14)17-5/h6-9,11-13,16H,10H2,1-5H3. The predicted octanol–water partition coefficient (Wildman–Crippen LogP) is 3.26. The lowest BCUT2D eigenvalue weighted by atomic mass is 10.0. The summed E-state index contributed by atoms with van der Waals surface area (Å²) >= 11 is 0. The topological polar surface area (TPSA) is 21.3 Å². The van der Waals surface area contributed by atoms with E-state index in [0.717, 1.165) is 12.2 Å². The maximum atomic E-state index is 5.37.